The number of aromatic amines is 1. The highest BCUT2D eigenvalue weighted by Gasteiger charge is 2.20. The Morgan fingerprint density at radius 2 is 1.73 bits per heavy atom. The van der Waals surface area contributed by atoms with Crippen molar-refractivity contribution in [1.82, 2.24) is 15.2 Å². The van der Waals surface area contributed by atoms with Gasteiger partial charge >= 0.3 is 0 Å². The Hall–Kier alpha value is -2.90. The summed E-state index contributed by atoms with van der Waals surface area (Å²) in [7, 11) is 0. The summed E-state index contributed by atoms with van der Waals surface area (Å²) in [4.78, 5) is 29.0. The largest absolute Gasteiger partial charge is 0.319 e. The molecule has 0 saturated carbocycles. The smallest absolute Gasteiger partial charge is 0.275 e. The van der Waals surface area contributed by atoms with E-state index < -0.39 is 11.8 Å². The van der Waals surface area contributed by atoms with Crippen LogP contribution < -0.4 is 10.6 Å². The van der Waals surface area contributed by atoms with Crippen LogP contribution in [0.3, 0.4) is 0 Å². The average Bonchev–Trinajstić information content (AvgIpc) is 3.05. The molecule has 3 rings (SSSR count). The van der Waals surface area contributed by atoms with Gasteiger partial charge in [-0.25, -0.2) is 0 Å². The average molecular weight is 390 g/mol. The normalized spacial score (nSPS) is 10.4. The first kappa shape index (κ1) is 17.9. The van der Waals surface area contributed by atoms with Gasteiger partial charge in [0.25, 0.3) is 11.8 Å². The van der Waals surface area contributed by atoms with E-state index in [9.17, 15) is 9.59 Å². The molecule has 0 aliphatic heterocycles. The number of hydrogen-bond acceptors (Lipinski definition) is 4. The molecule has 2 heterocycles. The quantitative estimate of drug-likeness (QED) is 0.629. The molecule has 2 aromatic heterocycles. The maximum Gasteiger partial charge on any atom is 0.275 e. The van der Waals surface area contributed by atoms with Crippen LogP contribution in [0.2, 0.25) is 10.0 Å². The van der Waals surface area contributed by atoms with Crippen molar-refractivity contribution in [2.75, 3.05) is 10.6 Å². The Kier molecular flexibility index (Phi) is 5.20. The number of carbonyl (C=O) groups excluding carboxylic acids is 2. The van der Waals surface area contributed by atoms with Crippen molar-refractivity contribution in [3.8, 4) is 0 Å². The molecule has 0 aliphatic rings. The number of nitrogens with zero attached hydrogens (tertiary/aromatic N) is 2. The number of hydrogen-bond donors (Lipinski definition) is 3. The molecule has 0 fully saturated rings. The first-order valence-corrected chi connectivity index (χ1v) is 8.24. The number of carbonyl (C=O) groups is 2. The highest BCUT2D eigenvalue weighted by Crippen LogP contribution is 2.26. The molecule has 0 radical (unpaired) electrons. The Labute approximate surface area is 158 Å². The van der Waals surface area contributed by atoms with Gasteiger partial charge in [-0.3, -0.25) is 19.7 Å². The fraction of sp³-hybridized carbons (Fsp3) is 0.0588. The molecular weight excluding hydrogens is 377 g/mol. The second-order valence-electron chi connectivity index (χ2n) is 5.35. The lowest BCUT2D eigenvalue weighted by Crippen LogP contribution is -2.18. The molecule has 1 aromatic carbocycles. The lowest BCUT2D eigenvalue weighted by Gasteiger charge is -2.09. The van der Waals surface area contributed by atoms with E-state index in [0.717, 1.165) is 5.69 Å². The van der Waals surface area contributed by atoms with Gasteiger partial charge in [0.15, 0.2) is 0 Å². The third kappa shape index (κ3) is 3.84. The molecule has 0 spiro atoms. The van der Waals surface area contributed by atoms with Crippen LogP contribution in [0, 0.1) is 6.92 Å². The molecule has 9 heteroatoms. The van der Waals surface area contributed by atoms with Gasteiger partial charge in [0.05, 0.1) is 39.4 Å². The highest BCUT2D eigenvalue weighted by molar-refractivity contribution is 6.40. The number of aryl methyl sites for hydroxylation is 1. The summed E-state index contributed by atoms with van der Waals surface area (Å²) in [6.45, 7) is 1.84. The standard InChI is InChI=1S/C17H13Cl2N5O2/c1-9-5-6-10(7-20-9)22-17(26)15-13(8-21-24-15)23-16(25)14-11(18)3-2-4-12(14)19/h2-8H,1H3,(H,21,24)(H,22,26)(H,23,25). The molecule has 3 aromatic rings. The second-order valence-corrected chi connectivity index (χ2v) is 6.17. The highest BCUT2D eigenvalue weighted by atomic mass is 35.5. The van der Waals surface area contributed by atoms with Gasteiger partial charge in [-0.15, -0.1) is 0 Å². The number of nitrogens with one attached hydrogen (secondary N) is 3. The third-order valence-corrected chi connectivity index (χ3v) is 4.10. The predicted molar refractivity (Wildman–Crippen MR) is 99.9 cm³/mol. The molecule has 132 valence electrons. The third-order valence-electron chi connectivity index (χ3n) is 3.47. The summed E-state index contributed by atoms with van der Waals surface area (Å²) < 4.78 is 0. The van der Waals surface area contributed by atoms with Crippen LogP contribution in [0.5, 0.6) is 0 Å². The van der Waals surface area contributed by atoms with Gasteiger partial charge in [0, 0.05) is 5.69 Å². The summed E-state index contributed by atoms with van der Waals surface area (Å²) in [5.74, 6) is -1.03. The maximum atomic E-state index is 12.5. The fourth-order valence-electron chi connectivity index (χ4n) is 2.19. The van der Waals surface area contributed by atoms with Crippen LogP contribution in [0.25, 0.3) is 0 Å². The van der Waals surface area contributed by atoms with Crippen molar-refractivity contribution >= 4 is 46.4 Å². The SMILES string of the molecule is Cc1ccc(NC(=O)c2[nH]ncc2NC(=O)c2c(Cl)cccc2Cl)cn1. The number of H-pyrrole nitrogens is 1. The van der Waals surface area contributed by atoms with Crippen molar-refractivity contribution in [3.05, 3.63) is 69.7 Å². The van der Waals surface area contributed by atoms with Gasteiger partial charge in [-0.1, -0.05) is 29.3 Å². The monoisotopic (exact) mass is 389 g/mol. The van der Waals surface area contributed by atoms with Crippen molar-refractivity contribution in [2.24, 2.45) is 0 Å². The predicted octanol–water partition coefficient (Wildman–Crippen LogP) is 3.92. The van der Waals surface area contributed by atoms with E-state index in [4.69, 9.17) is 23.2 Å². The van der Waals surface area contributed by atoms with Crippen LogP contribution in [-0.4, -0.2) is 27.0 Å². The van der Waals surface area contributed by atoms with E-state index >= 15 is 0 Å². The number of amides is 2. The number of anilines is 2. The molecule has 26 heavy (non-hydrogen) atoms. The number of aromatic nitrogens is 3. The van der Waals surface area contributed by atoms with Crippen LogP contribution >= 0.6 is 23.2 Å². The Bertz CT molecular complexity index is 949. The molecule has 0 saturated heterocycles. The molecule has 0 atom stereocenters. The maximum absolute atomic E-state index is 12.5. The summed E-state index contributed by atoms with van der Waals surface area (Å²) in [5.41, 5.74) is 1.74. The molecule has 0 bridgehead atoms. The van der Waals surface area contributed by atoms with Crippen molar-refractivity contribution < 1.29 is 9.59 Å². The number of pyridine rings is 1. The number of halogens is 2. The molecular formula is C17H13Cl2N5O2. The summed E-state index contributed by atoms with van der Waals surface area (Å²) in [5, 5.41) is 12.0. The molecule has 7 nitrogen and oxygen atoms in total. The fourth-order valence-corrected chi connectivity index (χ4v) is 2.76. The van der Waals surface area contributed by atoms with Gasteiger partial charge in [-0.2, -0.15) is 5.10 Å². The Balaban J connectivity index is 1.79. The minimum atomic E-state index is -0.548. The van der Waals surface area contributed by atoms with Gasteiger partial charge < -0.3 is 10.6 Å². The summed E-state index contributed by atoms with van der Waals surface area (Å²) in [6.07, 6.45) is 2.86. The molecule has 0 unspecified atom stereocenters. The van der Waals surface area contributed by atoms with Crippen molar-refractivity contribution in [2.45, 2.75) is 6.92 Å². The van der Waals surface area contributed by atoms with E-state index in [-0.39, 0.29) is 27.0 Å². The Morgan fingerprint density at radius 1 is 1.00 bits per heavy atom. The first-order valence-electron chi connectivity index (χ1n) is 7.48. The zero-order valence-corrected chi connectivity index (χ0v) is 15.0. The van der Waals surface area contributed by atoms with Crippen LogP contribution in [0.15, 0.2) is 42.7 Å². The van der Waals surface area contributed by atoms with Crippen molar-refractivity contribution in [1.29, 1.82) is 0 Å². The van der Waals surface area contributed by atoms with E-state index in [1.54, 1.807) is 30.3 Å². The van der Waals surface area contributed by atoms with E-state index in [1.807, 2.05) is 6.92 Å². The lowest BCUT2D eigenvalue weighted by atomic mass is 10.2. The summed E-state index contributed by atoms with van der Waals surface area (Å²) in [6, 6.07) is 8.22. The number of rotatable bonds is 4. The van der Waals surface area contributed by atoms with Crippen LogP contribution in [0.1, 0.15) is 26.5 Å². The first-order chi connectivity index (χ1) is 12.5. The minimum Gasteiger partial charge on any atom is -0.319 e. The second kappa shape index (κ2) is 7.55. The summed E-state index contributed by atoms with van der Waals surface area (Å²) >= 11 is 12.1. The lowest BCUT2D eigenvalue weighted by molar-refractivity contribution is 0.102. The van der Waals surface area contributed by atoms with E-state index in [0.29, 0.717) is 5.69 Å². The zero-order chi connectivity index (χ0) is 18.7. The van der Waals surface area contributed by atoms with Gasteiger partial charge in [-0.05, 0) is 31.2 Å². The zero-order valence-electron chi connectivity index (χ0n) is 13.5. The van der Waals surface area contributed by atoms with Gasteiger partial charge in [0.1, 0.15) is 5.69 Å². The molecule has 0 aliphatic carbocycles. The van der Waals surface area contributed by atoms with Crippen molar-refractivity contribution in [3.63, 3.8) is 0 Å². The van der Waals surface area contributed by atoms with Crippen LogP contribution in [0.4, 0.5) is 11.4 Å². The van der Waals surface area contributed by atoms with Gasteiger partial charge in [0.2, 0.25) is 0 Å². The molecule has 3 N–H and O–H groups in total. The number of benzene rings is 1. The topological polar surface area (TPSA) is 99.8 Å². The van der Waals surface area contributed by atoms with E-state index in [1.165, 1.54) is 12.4 Å². The molecule has 2 amide bonds. The minimum absolute atomic E-state index is 0.0853. The van der Waals surface area contributed by atoms with Crippen LogP contribution in [-0.2, 0) is 0 Å². The van der Waals surface area contributed by atoms with E-state index in [2.05, 4.69) is 25.8 Å². The Morgan fingerprint density at radius 3 is 2.38 bits per heavy atom.